The van der Waals surface area contributed by atoms with Gasteiger partial charge in [0.2, 0.25) is 15.9 Å². The Hall–Kier alpha value is -2.95. The number of ether oxygens (including phenoxy) is 2. The van der Waals surface area contributed by atoms with Crippen LogP contribution in [0.15, 0.2) is 47.4 Å². The first-order valence-electron chi connectivity index (χ1n) is 8.53. The van der Waals surface area contributed by atoms with Crippen molar-refractivity contribution in [2.24, 2.45) is 0 Å². The first-order valence-corrected chi connectivity index (χ1v) is 10.4. The molecule has 2 aromatic carbocycles. The van der Waals surface area contributed by atoms with E-state index >= 15 is 0 Å². The third-order valence-electron chi connectivity index (χ3n) is 3.83. The van der Waals surface area contributed by atoms with Gasteiger partial charge in [-0.1, -0.05) is 11.6 Å². The second-order valence-corrected chi connectivity index (χ2v) is 8.14. The summed E-state index contributed by atoms with van der Waals surface area (Å²) in [6.07, 6.45) is -0.192. The van der Waals surface area contributed by atoms with E-state index in [4.69, 9.17) is 11.6 Å². The highest BCUT2D eigenvalue weighted by molar-refractivity contribution is 7.89. The minimum Gasteiger partial charge on any atom is -0.465 e. The van der Waals surface area contributed by atoms with Crippen LogP contribution in [-0.2, 0) is 24.3 Å². The molecule has 0 saturated carbocycles. The number of anilines is 1. The van der Waals surface area contributed by atoms with E-state index in [1.165, 1.54) is 56.7 Å². The highest BCUT2D eigenvalue weighted by Gasteiger charge is 2.16. The summed E-state index contributed by atoms with van der Waals surface area (Å²) >= 11 is 5.74. The minimum absolute atomic E-state index is 0.0146. The lowest BCUT2D eigenvalue weighted by Crippen LogP contribution is -2.27. The van der Waals surface area contributed by atoms with Crippen LogP contribution >= 0.6 is 11.6 Å². The molecule has 1 amide bonds. The highest BCUT2D eigenvalue weighted by Crippen LogP contribution is 2.18. The van der Waals surface area contributed by atoms with E-state index in [0.717, 1.165) is 0 Å². The molecule has 2 rings (SSSR count). The summed E-state index contributed by atoms with van der Waals surface area (Å²) in [5, 5.41) is 2.90. The average Bonchev–Trinajstić information content (AvgIpc) is 2.72. The third kappa shape index (κ3) is 6.28. The number of esters is 2. The van der Waals surface area contributed by atoms with E-state index in [1.54, 1.807) is 0 Å². The summed E-state index contributed by atoms with van der Waals surface area (Å²) in [5.41, 5.74) is 0.238. The van der Waals surface area contributed by atoms with Crippen molar-refractivity contribution in [1.29, 1.82) is 0 Å². The number of rotatable bonds is 8. The van der Waals surface area contributed by atoms with Gasteiger partial charge >= 0.3 is 11.9 Å². The minimum atomic E-state index is -3.80. The molecule has 2 N–H and O–H groups in total. The molecule has 160 valence electrons. The van der Waals surface area contributed by atoms with Gasteiger partial charge in [0.05, 0.1) is 30.2 Å². The van der Waals surface area contributed by atoms with Gasteiger partial charge in [0.1, 0.15) is 0 Å². The van der Waals surface area contributed by atoms with E-state index in [0.29, 0.717) is 5.02 Å². The maximum Gasteiger partial charge on any atom is 0.337 e. The van der Waals surface area contributed by atoms with Crippen LogP contribution in [-0.4, -0.2) is 47.0 Å². The Balaban J connectivity index is 2.04. The Morgan fingerprint density at radius 1 is 0.933 bits per heavy atom. The van der Waals surface area contributed by atoms with Gasteiger partial charge in [-0.3, -0.25) is 4.79 Å². The van der Waals surface area contributed by atoms with E-state index in [1.807, 2.05) is 0 Å². The topological polar surface area (TPSA) is 128 Å². The number of carbonyl (C=O) groups excluding carboxylic acids is 3. The summed E-state index contributed by atoms with van der Waals surface area (Å²) in [6.45, 7) is -0.169. The third-order valence-corrected chi connectivity index (χ3v) is 5.56. The fraction of sp³-hybridized carbons (Fsp3) is 0.211. The summed E-state index contributed by atoms with van der Waals surface area (Å²) in [4.78, 5) is 35.8. The van der Waals surface area contributed by atoms with Crippen LogP contribution < -0.4 is 10.0 Å². The number of benzene rings is 2. The number of carbonyl (C=O) groups is 3. The Labute approximate surface area is 178 Å². The van der Waals surface area contributed by atoms with E-state index in [-0.39, 0.29) is 34.7 Å². The van der Waals surface area contributed by atoms with Crippen LogP contribution in [0, 0.1) is 0 Å². The highest BCUT2D eigenvalue weighted by atomic mass is 35.5. The van der Waals surface area contributed by atoms with Gasteiger partial charge in [0.25, 0.3) is 0 Å². The molecule has 0 saturated heterocycles. The van der Waals surface area contributed by atoms with Crippen LogP contribution in [0.1, 0.15) is 27.1 Å². The predicted molar refractivity (Wildman–Crippen MR) is 109 cm³/mol. The second-order valence-electron chi connectivity index (χ2n) is 5.93. The van der Waals surface area contributed by atoms with Gasteiger partial charge in [-0.2, -0.15) is 0 Å². The first-order chi connectivity index (χ1) is 14.2. The fourth-order valence-electron chi connectivity index (χ4n) is 2.39. The van der Waals surface area contributed by atoms with Gasteiger partial charge in [0, 0.05) is 23.7 Å². The van der Waals surface area contributed by atoms with Crippen molar-refractivity contribution < 1.29 is 32.3 Å². The zero-order chi connectivity index (χ0) is 22.3. The molecule has 0 heterocycles. The van der Waals surface area contributed by atoms with Crippen LogP contribution in [0.2, 0.25) is 5.02 Å². The molecule has 30 heavy (non-hydrogen) atoms. The van der Waals surface area contributed by atoms with Crippen LogP contribution in [0.4, 0.5) is 5.69 Å². The number of sulfonamides is 1. The molecule has 0 unspecified atom stereocenters. The van der Waals surface area contributed by atoms with Crippen LogP contribution in [0.3, 0.4) is 0 Å². The normalized spacial score (nSPS) is 10.9. The molecule has 9 nitrogen and oxygen atoms in total. The number of hydrogen-bond acceptors (Lipinski definition) is 7. The largest absolute Gasteiger partial charge is 0.465 e. The smallest absolute Gasteiger partial charge is 0.337 e. The van der Waals surface area contributed by atoms with Gasteiger partial charge < -0.3 is 14.8 Å². The molecule has 0 aromatic heterocycles. The fourth-order valence-corrected chi connectivity index (χ4v) is 3.55. The van der Waals surface area contributed by atoms with Crippen molar-refractivity contribution >= 4 is 45.2 Å². The molecular weight excluding hydrogens is 436 g/mol. The monoisotopic (exact) mass is 454 g/mol. The lowest BCUT2D eigenvalue weighted by Gasteiger charge is -2.10. The molecular formula is C19H19ClN2O7S. The summed E-state index contributed by atoms with van der Waals surface area (Å²) in [5.74, 6) is -1.94. The lowest BCUT2D eigenvalue weighted by atomic mass is 10.1. The summed E-state index contributed by atoms with van der Waals surface area (Å²) in [7, 11) is -1.44. The van der Waals surface area contributed by atoms with Crippen molar-refractivity contribution in [3.8, 4) is 0 Å². The maximum absolute atomic E-state index is 12.2. The molecule has 0 aliphatic carbocycles. The van der Waals surface area contributed by atoms with Gasteiger partial charge in [-0.15, -0.1) is 0 Å². The van der Waals surface area contributed by atoms with E-state index < -0.39 is 27.9 Å². The summed E-state index contributed by atoms with van der Waals surface area (Å²) < 4.78 is 36.0. The van der Waals surface area contributed by atoms with Gasteiger partial charge in [-0.05, 0) is 42.5 Å². The van der Waals surface area contributed by atoms with Gasteiger partial charge in [-0.25, -0.2) is 22.7 Å². The maximum atomic E-state index is 12.2. The van der Waals surface area contributed by atoms with Gasteiger partial charge in [0.15, 0.2) is 0 Å². The van der Waals surface area contributed by atoms with Crippen molar-refractivity contribution in [3.63, 3.8) is 0 Å². The SMILES string of the molecule is COC(=O)c1cc(NC(=O)CCNS(=O)(=O)c2ccc(Cl)cc2)cc(C(=O)OC)c1. The number of methoxy groups -OCH3 is 2. The Bertz CT molecular complexity index is 1020. The Morgan fingerprint density at radius 2 is 1.47 bits per heavy atom. The Morgan fingerprint density at radius 3 is 1.97 bits per heavy atom. The van der Waals surface area contributed by atoms with Crippen molar-refractivity contribution in [3.05, 3.63) is 58.6 Å². The molecule has 11 heteroatoms. The molecule has 0 spiro atoms. The number of amides is 1. The number of hydrogen-bond donors (Lipinski definition) is 2. The Kier molecular flexibility index (Phi) is 7.93. The van der Waals surface area contributed by atoms with Crippen molar-refractivity contribution in [2.75, 3.05) is 26.1 Å². The van der Waals surface area contributed by atoms with E-state index in [9.17, 15) is 22.8 Å². The zero-order valence-corrected chi connectivity index (χ0v) is 17.7. The summed E-state index contributed by atoms with van der Waals surface area (Å²) in [6, 6.07) is 9.50. The van der Waals surface area contributed by atoms with Crippen molar-refractivity contribution in [1.82, 2.24) is 4.72 Å². The quantitative estimate of drug-likeness (QED) is 0.585. The zero-order valence-electron chi connectivity index (χ0n) is 16.1. The first kappa shape index (κ1) is 23.3. The predicted octanol–water partition coefficient (Wildman–Crippen LogP) is 2.22. The molecule has 0 aliphatic rings. The molecule has 0 fully saturated rings. The lowest BCUT2D eigenvalue weighted by molar-refractivity contribution is -0.116. The standard InChI is InChI=1S/C19H19ClN2O7S/c1-28-18(24)12-9-13(19(25)29-2)11-15(10-12)22-17(23)7-8-21-30(26,27)16-5-3-14(20)4-6-16/h3-6,9-11,21H,7-8H2,1-2H3,(H,22,23). The molecule has 0 radical (unpaired) electrons. The molecule has 0 atom stereocenters. The van der Waals surface area contributed by atoms with Crippen LogP contribution in [0.25, 0.3) is 0 Å². The second kappa shape index (κ2) is 10.2. The average molecular weight is 455 g/mol. The van der Waals surface area contributed by atoms with E-state index in [2.05, 4.69) is 19.5 Å². The number of nitrogens with one attached hydrogen (secondary N) is 2. The number of halogens is 1. The molecule has 2 aromatic rings. The van der Waals surface area contributed by atoms with Crippen LogP contribution in [0.5, 0.6) is 0 Å². The molecule has 0 aliphatic heterocycles. The van der Waals surface area contributed by atoms with Crippen molar-refractivity contribution in [2.45, 2.75) is 11.3 Å². The molecule has 0 bridgehead atoms.